The number of hydrogen-bond donors (Lipinski definition) is 0. The Bertz CT molecular complexity index is 689. The number of rotatable bonds is 6. The van der Waals surface area contributed by atoms with E-state index in [4.69, 9.17) is 14.2 Å². The molecule has 0 bridgehead atoms. The van der Waals surface area contributed by atoms with Gasteiger partial charge in [-0.25, -0.2) is 0 Å². The third-order valence-corrected chi connectivity index (χ3v) is 3.23. The molecule has 0 aliphatic rings. The third-order valence-electron chi connectivity index (χ3n) is 3.23. The van der Waals surface area contributed by atoms with Gasteiger partial charge < -0.3 is 14.2 Å². The van der Waals surface area contributed by atoms with Gasteiger partial charge in [0.25, 0.3) is 0 Å². The van der Waals surface area contributed by atoms with E-state index >= 15 is 0 Å². The molecule has 2 rings (SSSR count). The van der Waals surface area contributed by atoms with Crippen LogP contribution in [0, 0.1) is 0 Å². The van der Waals surface area contributed by atoms with Crippen LogP contribution in [0.15, 0.2) is 48.5 Å². The number of carbonyl (C=O) groups excluding carboxylic acids is 1. The second-order valence-electron chi connectivity index (χ2n) is 4.51. The highest BCUT2D eigenvalue weighted by atomic mass is 16.5. The molecule has 0 saturated heterocycles. The van der Waals surface area contributed by atoms with Crippen molar-refractivity contribution in [2.24, 2.45) is 0 Å². The van der Waals surface area contributed by atoms with E-state index in [9.17, 15) is 4.79 Å². The summed E-state index contributed by atoms with van der Waals surface area (Å²) in [6.45, 7) is 0. The molecule has 0 N–H and O–H groups in total. The number of benzene rings is 2. The molecule has 0 saturated carbocycles. The number of para-hydroxylation sites is 1. The average molecular weight is 298 g/mol. The van der Waals surface area contributed by atoms with Gasteiger partial charge in [-0.05, 0) is 30.4 Å². The molecule has 114 valence electrons. The zero-order valence-corrected chi connectivity index (χ0v) is 12.8. The SMILES string of the molecule is COc1ccc(C(=O)/C=C/c2ccccc2OC)c(OC)c1. The molecule has 22 heavy (non-hydrogen) atoms. The molecule has 2 aromatic rings. The standard InChI is InChI=1S/C18H18O4/c1-20-14-9-10-15(18(12-14)22-3)16(19)11-8-13-6-4-5-7-17(13)21-2/h4-12H,1-3H3/b11-8+. The molecule has 0 heterocycles. The second-order valence-corrected chi connectivity index (χ2v) is 4.51. The van der Waals surface area contributed by atoms with Crippen molar-refractivity contribution in [1.29, 1.82) is 0 Å². The largest absolute Gasteiger partial charge is 0.497 e. The van der Waals surface area contributed by atoms with E-state index in [0.717, 1.165) is 5.56 Å². The van der Waals surface area contributed by atoms with Crippen LogP contribution in [0.3, 0.4) is 0 Å². The van der Waals surface area contributed by atoms with Crippen LogP contribution in [0.4, 0.5) is 0 Å². The molecule has 0 aliphatic heterocycles. The van der Waals surface area contributed by atoms with Crippen LogP contribution in [-0.4, -0.2) is 27.1 Å². The Morgan fingerprint density at radius 1 is 0.909 bits per heavy atom. The summed E-state index contributed by atoms with van der Waals surface area (Å²) < 4.78 is 15.6. The van der Waals surface area contributed by atoms with Gasteiger partial charge in [0, 0.05) is 11.6 Å². The maximum atomic E-state index is 12.3. The first-order valence-corrected chi connectivity index (χ1v) is 6.77. The normalized spacial score (nSPS) is 10.5. The van der Waals surface area contributed by atoms with Crippen molar-refractivity contribution in [2.75, 3.05) is 21.3 Å². The van der Waals surface area contributed by atoms with E-state index in [-0.39, 0.29) is 5.78 Å². The molecule has 4 heteroatoms. The summed E-state index contributed by atoms with van der Waals surface area (Å²) in [6, 6.07) is 12.6. The van der Waals surface area contributed by atoms with E-state index in [0.29, 0.717) is 22.8 Å². The van der Waals surface area contributed by atoms with Crippen LogP contribution < -0.4 is 14.2 Å². The van der Waals surface area contributed by atoms with Gasteiger partial charge >= 0.3 is 0 Å². The maximum Gasteiger partial charge on any atom is 0.189 e. The Morgan fingerprint density at radius 3 is 2.32 bits per heavy atom. The van der Waals surface area contributed by atoms with Gasteiger partial charge in [-0.2, -0.15) is 0 Å². The lowest BCUT2D eigenvalue weighted by atomic mass is 10.1. The van der Waals surface area contributed by atoms with E-state index in [2.05, 4.69) is 0 Å². The van der Waals surface area contributed by atoms with Crippen molar-refractivity contribution >= 4 is 11.9 Å². The quantitative estimate of drug-likeness (QED) is 0.603. The van der Waals surface area contributed by atoms with E-state index in [1.165, 1.54) is 13.2 Å². The Hall–Kier alpha value is -2.75. The number of allylic oxidation sites excluding steroid dienone is 1. The van der Waals surface area contributed by atoms with Gasteiger partial charge in [-0.15, -0.1) is 0 Å². The van der Waals surface area contributed by atoms with Gasteiger partial charge in [0.1, 0.15) is 17.2 Å². The number of methoxy groups -OCH3 is 3. The Balaban J connectivity index is 2.27. The van der Waals surface area contributed by atoms with Crippen molar-refractivity contribution in [3.05, 3.63) is 59.7 Å². The molecule has 2 aromatic carbocycles. The van der Waals surface area contributed by atoms with Gasteiger partial charge in [0.05, 0.1) is 26.9 Å². The topological polar surface area (TPSA) is 44.8 Å². The van der Waals surface area contributed by atoms with Crippen molar-refractivity contribution in [3.8, 4) is 17.2 Å². The summed E-state index contributed by atoms with van der Waals surface area (Å²) in [5.41, 5.74) is 1.32. The van der Waals surface area contributed by atoms with Gasteiger partial charge in [-0.1, -0.05) is 18.2 Å². The summed E-state index contributed by atoms with van der Waals surface area (Å²) >= 11 is 0. The van der Waals surface area contributed by atoms with Crippen LogP contribution >= 0.6 is 0 Å². The average Bonchev–Trinajstić information content (AvgIpc) is 2.59. The van der Waals surface area contributed by atoms with Gasteiger partial charge in [0.15, 0.2) is 5.78 Å². The van der Waals surface area contributed by atoms with Crippen molar-refractivity contribution < 1.29 is 19.0 Å². The second kappa shape index (κ2) is 7.31. The molecule has 0 amide bonds. The van der Waals surface area contributed by atoms with Crippen molar-refractivity contribution in [1.82, 2.24) is 0 Å². The van der Waals surface area contributed by atoms with Crippen LogP contribution in [0.1, 0.15) is 15.9 Å². The lowest BCUT2D eigenvalue weighted by Gasteiger charge is -2.08. The molecular weight excluding hydrogens is 280 g/mol. The van der Waals surface area contributed by atoms with Crippen molar-refractivity contribution in [3.63, 3.8) is 0 Å². The summed E-state index contributed by atoms with van der Waals surface area (Å²) in [7, 11) is 4.69. The fourth-order valence-corrected chi connectivity index (χ4v) is 2.06. The minimum absolute atomic E-state index is 0.148. The maximum absolute atomic E-state index is 12.3. The fourth-order valence-electron chi connectivity index (χ4n) is 2.06. The van der Waals surface area contributed by atoms with Crippen LogP contribution in [-0.2, 0) is 0 Å². The minimum atomic E-state index is -0.148. The lowest BCUT2D eigenvalue weighted by Crippen LogP contribution is -1.99. The predicted molar refractivity (Wildman–Crippen MR) is 85.9 cm³/mol. The Labute approximate surface area is 129 Å². The lowest BCUT2D eigenvalue weighted by molar-refractivity contribution is 0.104. The zero-order chi connectivity index (χ0) is 15.9. The van der Waals surface area contributed by atoms with E-state index in [1.54, 1.807) is 38.5 Å². The highest BCUT2D eigenvalue weighted by Crippen LogP contribution is 2.26. The molecule has 0 spiro atoms. The summed E-state index contributed by atoms with van der Waals surface area (Å²) in [6.07, 6.45) is 3.23. The summed E-state index contributed by atoms with van der Waals surface area (Å²) in [4.78, 5) is 12.3. The van der Waals surface area contributed by atoms with Gasteiger partial charge in [0.2, 0.25) is 0 Å². The smallest absolute Gasteiger partial charge is 0.189 e. The highest BCUT2D eigenvalue weighted by Gasteiger charge is 2.11. The highest BCUT2D eigenvalue weighted by molar-refractivity contribution is 6.08. The Kier molecular flexibility index (Phi) is 5.20. The molecule has 0 fully saturated rings. The first-order chi connectivity index (χ1) is 10.7. The van der Waals surface area contributed by atoms with Gasteiger partial charge in [-0.3, -0.25) is 4.79 Å². The minimum Gasteiger partial charge on any atom is -0.497 e. The number of ketones is 1. The number of carbonyl (C=O) groups is 1. The zero-order valence-electron chi connectivity index (χ0n) is 12.8. The van der Waals surface area contributed by atoms with E-state index < -0.39 is 0 Å². The van der Waals surface area contributed by atoms with Crippen LogP contribution in [0.5, 0.6) is 17.2 Å². The van der Waals surface area contributed by atoms with Crippen LogP contribution in [0.25, 0.3) is 6.08 Å². The summed E-state index contributed by atoms with van der Waals surface area (Å²) in [5.74, 6) is 1.69. The molecule has 4 nitrogen and oxygen atoms in total. The monoisotopic (exact) mass is 298 g/mol. The fraction of sp³-hybridized carbons (Fsp3) is 0.167. The molecule has 0 atom stereocenters. The Morgan fingerprint density at radius 2 is 1.64 bits per heavy atom. The van der Waals surface area contributed by atoms with Crippen LogP contribution in [0.2, 0.25) is 0 Å². The summed E-state index contributed by atoms with van der Waals surface area (Å²) in [5, 5.41) is 0. The first kappa shape index (κ1) is 15.6. The number of ether oxygens (including phenoxy) is 3. The molecule has 0 aliphatic carbocycles. The molecule has 0 unspecified atom stereocenters. The number of hydrogen-bond acceptors (Lipinski definition) is 4. The first-order valence-electron chi connectivity index (χ1n) is 6.77. The molecule has 0 aromatic heterocycles. The molecular formula is C18H18O4. The predicted octanol–water partition coefficient (Wildman–Crippen LogP) is 3.61. The molecule has 0 radical (unpaired) electrons. The van der Waals surface area contributed by atoms with E-state index in [1.807, 2.05) is 24.3 Å². The third kappa shape index (κ3) is 3.47. The van der Waals surface area contributed by atoms with Crippen molar-refractivity contribution in [2.45, 2.75) is 0 Å².